The number of benzene rings is 1. The first-order chi connectivity index (χ1) is 18.7. The quantitative estimate of drug-likeness (QED) is 0.126. The number of alkyl carbamates (subject to hydrolysis) is 1. The highest BCUT2D eigenvalue weighted by Gasteiger charge is 2.74. The number of ketones is 1. The van der Waals surface area contributed by atoms with Gasteiger partial charge in [0.2, 0.25) is 15.4 Å². The number of hydrogen-bond acceptors (Lipinski definition) is 10. The highest BCUT2D eigenvalue weighted by molar-refractivity contribution is 8.06. The molecule has 0 aromatic heterocycles. The Morgan fingerprint density at radius 1 is 1.30 bits per heavy atom. The van der Waals surface area contributed by atoms with E-state index >= 15 is 0 Å². The summed E-state index contributed by atoms with van der Waals surface area (Å²) in [6, 6.07) is 7.29. The van der Waals surface area contributed by atoms with Crippen LogP contribution in [-0.4, -0.2) is 66.7 Å². The van der Waals surface area contributed by atoms with E-state index in [0.29, 0.717) is 5.56 Å². The predicted molar refractivity (Wildman–Crippen MR) is 152 cm³/mol. The molecule has 1 aromatic carbocycles. The van der Waals surface area contributed by atoms with Crippen LogP contribution < -0.4 is 11.1 Å². The van der Waals surface area contributed by atoms with Gasteiger partial charge in [0.05, 0.1) is 10.1 Å². The van der Waals surface area contributed by atoms with Crippen molar-refractivity contribution in [2.75, 3.05) is 12.4 Å². The number of β-lactam (4-membered cyclic amide) rings is 1. The van der Waals surface area contributed by atoms with E-state index in [-0.39, 0.29) is 17.8 Å². The van der Waals surface area contributed by atoms with Crippen LogP contribution in [0.1, 0.15) is 38.3 Å². The first-order valence-electron chi connectivity index (χ1n) is 12.3. The summed E-state index contributed by atoms with van der Waals surface area (Å²) in [6.07, 6.45) is 0.846. The number of thioether (sulfide) groups is 2. The van der Waals surface area contributed by atoms with E-state index in [4.69, 9.17) is 50.0 Å². The van der Waals surface area contributed by atoms with Gasteiger partial charge in [-0.25, -0.2) is 9.59 Å². The fourth-order valence-electron chi connectivity index (χ4n) is 4.84. The third-order valence-corrected chi connectivity index (χ3v) is 10.3. The second-order valence-corrected chi connectivity index (χ2v) is 15.0. The van der Waals surface area contributed by atoms with Crippen molar-refractivity contribution in [1.29, 1.82) is 5.26 Å². The van der Waals surface area contributed by atoms with Gasteiger partial charge in [0, 0.05) is 5.75 Å². The number of rotatable bonds is 10. The molecule has 0 bridgehead atoms. The number of nitrogens with one attached hydrogen (secondary N) is 1. The van der Waals surface area contributed by atoms with Crippen LogP contribution >= 0.6 is 58.3 Å². The number of amides is 2. The number of nitrogens with zero attached hydrogens (tertiary/aromatic N) is 2. The number of ether oxygens (including phenoxy) is 2. The Hall–Kier alpha value is -1.88. The standard InChI is InChI=1S/C25H27Cl3N4O6S2/c1-13(14-8-9-14)38-22(36)31-17(15-6-4-3-5-7-15)18(33)16-19(34)32-20(16)40-23(2,11-39-12-29)25(32,30)21(35)37-10-24(26,27)28/h3-7,13-14,16-17,20H,8-11,30H2,1-2H3,(H,31,36)/t13?,16?,17?,20-,23?,25?/m1/s1. The van der Waals surface area contributed by atoms with Crippen molar-refractivity contribution in [3.8, 4) is 5.40 Å². The Bertz CT molecular complexity index is 1230. The van der Waals surface area contributed by atoms with Crippen molar-refractivity contribution in [1.82, 2.24) is 10.2 Å². The zero-order valence-electron chi connectivity index (χ0n) is 21.5. The minimum Gasteiger partial charge on any atom is -0.458 e. The maximum atomic E-state index is 13.9. The van der Waals surface area contributed by atoms with Crippen molar-refractivity contribution in [2.24, 2.45) is 17.6 Å². The Morgan fingerprint density at radius 3 is 2.52 bits per heavy atom. The largest absolute Gasteiger partial charge is 0.458 e. The molecule has 216 valence electrons. The molecule has 0 radical (unpaired) electrons. The Labute approximate surface area is 254 Å². The molecule has 6 atom stereocenters. The molecule has 1 aliphatic carbocycles. The van der Waals surface area contributed by atoms with E-state index < -0.39 is 61.9 Å². The summed E-state index contributed by atoms with van der Waals surface area (Å²) in [6.45, 7) is 2.77. The highest BCUT2D eigenvalue weighted by Crippen LogP contribution is 2.58. The molecule has 5 unspecified atom stereocenters. The van der Waals surface area contributed by atoms with Gasteiger partial charge in [-0.05, 0) is 49.9 Å². The SMILES string of the molecule is CC(OC(=O)NC(C(=O)C1C(=O)N2[C@@H]1SC(C)(CSC#N)C2(N)C(=O)OCC(Cl)(Cl)Cl)c1ccccc1)C1CC1. The third-order valence-electron chi connectivity index (χ3n) is 7.27. The fraction of sp³-hybridized carbons (Fsp3) is 0.560. The monoisotopic (exact) mass is 648 g/mol. The van der Waals surface area contributed by atoms with Crippen LogP contribution in [0.3, 0.4) is 0 Å². The number of alkyl halides is 3. The number of Topliss-reactive ketones (excluding diaryl/α,β-unsaturated/α-hetero) is 1. The van der Waals surface area contributed by atoms with Gasteiger partial charge in [0.15, 0.2) is 5.78 Å². The first-order valence-corrected chi connectivity index (χ1v) is 15.3. The topological polar surface area (TPSA) is 152 Å². The normalized spacial score (nSPS) is 28.9. The lowest BCUT2D eigenvalue weighted by molar-refractivity contribution is -0.179. The Morgan fingerprint density at radius 2 is 1.95 bits per heavy atom. The molecule has 15 heteroatoms. The summed E-state index contributed by atoms with van der Waals surface area (Å²) in [4.78, 5) is 54.6. The van der Waals surface area contributed by atoms with Gasteiger partial charge in [-0.15, -0.1) is 11.8 Å². The van der Waals surface area contributed by atoms with E-state index in [9.17, 15) is 24.4 Å². The summed E-state index contributed by atoms with van der Waals surface area (Å²) in [5.74, 6) is -3.27. The van der Waals surface area contributed by atoms with Crippen molar-refractivity contribution in [2.45, 2.75) is 58.4 Å². The van der Waals surface area contributed by atoms with Gasteiger partial charge in [0.1, 0.15) is 30.1 Å². The molecular formula is C25H27Cl3N4O6S2. The van der Waals surface area contributed by atoms with Crippen LogP contribution in [0.4, 0.5) is 4.79 Å². The summed E-state index contributed by atoms with van der Waals surface area (Å²) >= 11 is 19.1. The lowest BCUT2D eigenvalue weighted by Gasteiger charge is -2.48. The van der Waals surface area contributed by atoms with Gasteiger partial charge in [-0.2, -0.15) is 5.26 Å². The summed E-state index contributed by atoms with van der Waals surface area (Å²) in [7, 11) is 0. The molecule has 4 rings (SSSR count). The van der Waals surface area contributed by atoms with Gasteiger partial charge in [0.25, 0.3) is 0 Å². The van der Waals surface area contributed by atoms with E-state index in [1.165, 1.54) is 0 Å². The lowest BCUT2D eigenvalue weighted by Crippen LogP contribution is -2.77. The molecule has 2 amide bonds. The third kappa shape index (κ3) is 6.01. The summed E-state index contributed by atoms with van der Waals surface area (Å²) in [5.41, 5.74) is 5.00. The minimum atomic E-state index is -2.07. The Kier molecular flexibility index (Phi) is 9.15. The molecule has 0 spiro atoms. The van der Waals surface area contributed by atoms with Crippen LogP contribution in [-0.2, 0) is 23.9 Å². The van der Waals surface area contributed by atoms with Crippen molar-refractivity contribution in [3.05, 3.63) is 35.9 Å². The van der Waals surface area contributed by atoms with Crippen molar-refractivity contribution >= 4 is 82.1 Å². The van der Waals surface area contributed by atoms with E-state index in [1.807, 2.05) is 5.40 Å². The van der Waals surface area contributed by atoms with Gasteiger partial charge >= 0.3 is 12.1 Å². The number of nitriles is 1. The smallest absolute Gasteiger partial charge is 0.408 e. The minimum absolute atomic E-state index is 0.0282. The lowest BCUT2D eigenvalue weighted by atomic mass is 9.82. The van der Waals surface area contributed by atoms with E-state index in [1.54, 1.807) is 44.2 Å². The number of thiocyanates is 1. The molecule has 3 fully saturated rings. The van der Waals surface area contributed by atoms with E-state index in [2.05, 4.69) is 5.32 Å². The fourth-order valence-corrected chi connectivity index (χ4v) is 7.67. The van der Waals surface area contributed by atoms with Gasteiger partial charge in [-0.1, -0.05) is 65.1 Å². The zero-order chi connectivity index (χ0) is 29.5. The molecule has 2 aliphatic heterocycles. The number of carbonyl (C=O) groups is 4. The van der Waals surface area contributed by atoms with Crippen LogP contribution in [0.25, 0.3) is 0 Å². The number of carbonyl (C=O) groups excluding carboxylic acids is 4. The molecule has 3 N–H and O–H groups in total. The zero-order valence-corrected chi connectivity index (χ0v) is 25.4. The average Bonchev–Trinajstić information content (AvgIpc) is 3.72. The summed E-state index contributed by atoms with van der Waals surface area (Å²) in [5, 5.41) is 12.9. The molecule has 2 heterocycles. The number of fused-ring (bicyclic) bond motifs is 1. The number of hydrogen-bond donors (Lipinski definition) is 2. The van der Waals surface area contributed by atoms with Crippen LogP contribution in [0.2, 0.25) is 0 Å². The van der Waals surface area contributed by atoms with Crippen LogP contribution in [0, 0.1) is 22.5 Å². The van der Waals surface area contributed by atoms with Gasteiger partial charge < -0.3 is 14.8 Å². The van der Waals surface area contributed by atoms with Gasteiger partial charge in [-0.3, -0.25) is 20.2 Å². The molecular weight excluding hydrogens is 623 g/mol. The van der Waals surface area contributed by atoms with Crippen molar-refractivity contribution in [3.63, 3.8) is 0 Å². The second kappa shape index (κ2) is 11.8. The molecule has 1 aromatic rings. The molecule has 40 heavy (non-hydrogen) atoms. The van der Waals surface area contributed by atoms with Crippen LogP contribution in [0.5, 0.6) is 0 Å². The predicted octanol–water partition coefficient (Wildman–Crippen LogP) is 3.89. The maximum absolute atomic E-state index is 13.9. The molecule has 1 saturated carbocycles. The number of nitrogens with two attached hydrogens (primary N) is 1. The van der Waals surface area contributed by atoms with E-state index in [0.717, 1.165) is 41.3 Å². The average molecular weight is 650 g/mol. The number of halogens is 3. The second-order valence-electron chi connectivity index (χ2n) is 10.1. The molecule has 10 nitrogen and oxygen atoms in total. The first kappa shape index (κ1) is 31.1. The van der Waals surface area contributed by atoms with Crippen molar-refractivity contribution < 1.29 is 28.7 Å². The highest BCUT2D eigenvalue weighted by atomic mass is 35.6. The molecule has 3 aliphatic rings. The van der Waals surface area contributed by atoms with Crippen LogP contribution in [0.15, 0.2) is 30.3 Å². The Balaban J connectivity index is 1.60. The molecule has 2 saturated heterocycles. The maximum Gasteiger partial charge on any atom is 0.408 e. The summed E-state index contributed by atoms with van der Waals surface area (Å²) < 4.78 is 7.47. The number of esters is 1.